The number of benzene rings is 2. The van der Waals surface area contributed by atoms with Crippen molar-refractivity contribution in [3.8, 4) is 0 Å². The monoisotopic (exact) mass is 394 g/mol. The summed E-state index contributed by atoms with van der Waals surface area (Å²) in [5.41, 5.74) is 2.51. The number of ether oxygens (including phenoxy) is 1. The standard InChI is InChI=1S/C22H22N2O5/c1-13(2)22(28)29-12-10-24-17-8-7-16(23-9-11-25)18-19(17)21(27)15-6-4-3-5-14(15)20(18)26/h3-8,23-25H,1,9-12H2,2H3. The van der Waals surface area contributed by atoms with Crippen LogP contribution >= 0.6 is 0 Å². The molecule has 2 aromatic rings. The van der Waals surface area contributed by atoms with Crippen LogP contribution in [-0.4, -0.2) is 48.9 Å². The highest BCUT2D eigenvalue weighted by atomic mass is 16.5. The zero-order valence-electron chi connectivity index (χ0n) is 16.1. The van der Waals surface area contributed by atoms with Crippen molar-refractivity contribution in [1.82, 2.24) is 0 Å². The van der Waals surface area contributed by atoms with Crippen molar-refractivity contribution in [3.05, 3.63) is 70.8 Å². The molecule has 0 fully saturated rings. The molecule has 3 N–H and O–H groups in total. The number of hydrogen-bond donors (Lipinski definition) is 3. The van der Waals surface area contributed by atoms with Crippen molar-refractivity contribution in [2.24, 2.45) is 0 Å². The number of ketones is 2. The molecular formula is C22H22N2O5. The van der Waals surface area contributed by atoms with Crippen LogP contribution in [0.3, 0.4) is 0 Å². The molecule has 3 rings (SSSR count). The third-order valence-corrected chi connectivity index (χ3v) is 4.50. The Kier molecular flexibility index (Phi) is 6.09. The maximum atomic E-state index is 13.2. The first kappa shape index (κ1) is 20.3. The number of fused-ring (bicyclic) bond motifs is 2. The molecule has 1 aliphatic rings. The largest absolute Gasteiger partial charge is 0.460 e. The van der Waals surface area contributed by atoms with Gasteiger partial charge in [-0.05, 0) is 19.1 Å². The Bertz CT molecular complexity index is 997. The van der Waals surface area contributed by atoms with Crippen LogP contribution in [-0.2, 0) is 9.53 Å². The molecule has 7 heteroatoms. The number of anilines is 2. The smallest absolute Gasteiger partial charge is 0.333 e. The normalized spacial score (nSPS) is 12.1. The van der Waals surface area contributed by atoms with E-state index in [1.54, 1.807) is 43.3 Å². The van der Waals surface area contributed by atoms with Gasteiger partial charge in [0.2, 0.25) is 0 Å². The van der Waals surface area contributed by atoms with Crippen molar-refractivity contribution in [1.29, 1.82) is 0 Å². The van der Waals surface area contributed by atoms with Crippen LogP contribution in [0.4, 0.5) is 11.4 Å². The van der Waals surface area contributed by atoms with Crippen molar-refractivity contribution >= 4 is 28.9 Å². The second-order valence-corrected chi connectivity index (χ2v) is 6.61. The summed E-state index contributed by atoms with van der Waals surface area (Å²) in [5.74, 6) is -1.00. The topological polar surface area (TPSA) is 105 Å². The highest BCUT2D eigenvalue weighted by Gasteiger charge is 2.33. The first-order chi connectivity index (χ1) is 14.0. The Hall–Kier alpha value is -3.45. The van der Waals surface area contributed by atoms with Crippen LogP contribution in [0, 0.1) is 0 Å². The summed E-state index contributed by atoms with van der Waals surface area (Å²) in [7, 11) is 0. The zero-order valence-corrected chi connectivity index (χ0v) is 16.1. The molecule has 0 aromatic heterocycles. The maximum absolute atomic E-state index is 13.2. The van der Waals surface area contributed by atoms with Gasteiger partial charge in [-0.3, -0.25) is 9.59 Å². The van der Waals surface area contributed by atoms with Gasteiger partial charge in [0.25, 0.3) is 0 Å². The van der Waals surface area contributed by atoms with Crippen LogP contribution in [0.2, 0.25) is 0 Å². The Morgan fingerprint density at radius 1 is 0.966 bits per heavy atom. The SMILES string of the molecule is C=C(C)C(=O)OCCNc1ccc(NCCO)c2c1C(=O)c1ccccc1C2=O. The van der Waals surface area contributed by atoms with Crippen molar-refractivity contribution in [2.45, 2.75) is 6.92 Å². The molecule has 0 saturated heterocycles. The number of aliphatic hydroxyl groups excluding tert-OH is 1. The summed E-state index contributed by atoms with van der Waals surface area (Å²) in [6, 6.07) is 10.1. The predicted octanol–water partition coefficient (Wildman–Crippen LogP) is 2.40. The number of hydrogen-bond acceptors (Lipinski definition) is 7. The Morgan fingerprint density at radius 3 is 1.97 bits per heavy atom. The lowest BCUT2D eigenvalue weighted by Crippen LogP contribution is -2.25. The molecule has 0 bridgehead atoms. The first-order valence-electron chi connectivity index (χ1n) is 9.22. The van der Waals surface area contributed by atoms with Crippen LogP contribution in [0.5, 0.6) is 0 Å². The van der Waals surface area contributed by atoms with Crippen LogP contribution in [0.25, 0.3) is 0 Å². The fourth-order valence-electron chi connectivity index (χ4n) is 3.16. The highest BCUT2D eigenvalue weighted by Crippen LogP contribution is 2.36. The second-order valence-electron chi connectivity index (χ2n) is 6.61. The number of esters is 1. The summed E-state index contributed by atoms with van der Waals surface area (Å²) in [5, 5.41) is 15.2. The lowest BCUT2D eigenvalue weighted by atomic mass is 9.82. The Balaban J connectivity index is 1.93. The fraction of sp³-hybridized carbons (Fsp3) is 0.227. The minimum Gasteiger partial charge on any atom is -0.460 e. The van der Waals surface area contributed by atoms with E-state index < -0.39 is 5.97 Å². The first-order valence-corrected chi connectivity index (χ1v) is 9.22. The van der Waals surface area contributed by atoms with Gasteiger partial charge < -0.3 is 20.5 Å². The van der Waals surface area contributed by atoms with Crippen molar-refractivity contribution in [3.63, 3.8) is 0 Å². The molecule has 2 aromatic carbocycles. The molecule has 0 amide bonds. The Labute approximate surface area is 168 Å². The molecule has 0 radical (unpaired) electrons. The van der Waals surface area contributed by atoms with E-state index in [0.29, 0.717) is 28.1 Å². The molecule has 0 atom stereocenters. The number of carbonyl (C=O) groups is 3. The van der Waals surface area contributed by atoms with Gasteiger partial charge in [-0.25, -0.2) is 4.79 Å². The van der Waals surface area contributed by atoms with Gasteiger partial charge in [0.15, 0.2) is 11.6 Å². The molecule has 150 valence electrons. The minimum atomic E-state index is -0.488. The fourth-order valence-corrected chi connectivity index (χ4v) is 3.16. The van der Waals surface area contributed by atoms with E-state index in [0.717, 1.165) is 0 Å². The molecule has 29 heavy (non-hydrogen) atoms. The van der Waals surface area contributed by atoms with Crippen molar-refractivity contribution < 1.29 is 24.2 Å². The lowest BCUT2D eigenvalue weighted by molar-refractivity contribution is -0.138. The Morgan fingerprint density at radius 2 is 1.48 bits per heavy atom. The van der Waals surface area contributed by atoms with Crippen molar-refractivity contribution in [2.75, 3.05) is 36.9 Å². The summed E-state index contributed by atoms with van der Waals surface area (Å²) in [4.78, 5) is 37.8. The molecule has 0 unspecified atom stereocenters. The third-order valence-electron chi connectivity index (χ3n) is 4.50. The number of nitrogens with one attached hydrogen (secondary N) is 2. The van der Waals surface area contributed by atoms with Crippen LogP contribution < -0.4 is 10.6 Å². The molecule has 0 heterocycles. The van der Waals surface area contributed by atoms with Gasteiger partial charge in [-0.2, -0.15) is 0 Å². The van der Waals surface area contributed by atoms with Crippen LogP contribution in [0.15, 0.2) is 48.6 Å². The van der Waals surface area contributed by atoms with E-state index in [4.69, 9.17) is 9.84 Å². The summed E-state index contributed by atoms with van der Waals surface area (Å²) in [6.45, 7) is 5.57. The number of rotatable bonds is 8. The molecule has 0 spiro atoms. The van der Waals surface area contributed by atoms with E-state index in [1.807, 2.05) is 0 Å². The third kappa shape index (κ3) is 4.05. The van der Waals surface area contributed by atoms with Gasteiger partial charge in [-0.1, -0.05) is 30.8 Å². The molecule has 7 nitrogen and oxygen atoms in total. The van der Waals surface area contributed by atoms with Gasteiger partial charge in [-0.15, -0.1) is 0 Å². The van der Waals surface area contributed by atoms with E-state index in [1.165, 1.54) is 0 Å². The van der Waals surface area contributed by atoms with Gasteiger partial charge in [0, 0.05) is 41.2 Å². The molecular weight excluding hydrogens is 372 g/mol. The minimum absolute atomic E-state index is 0.0870. The quantitative estimate of drug-likeness (QED) is 0.306. The summed E-state index contributed by atoms with van der Waals surface area (Å²) in [6.07, 6.45) is 0. The highest BCUT2D eigenvalue weighted by molar-refractivity contribution is 6.31. The van der Waals surface area contributed by atoms with E-state index in [9.17, 15) is 14.4 Å². The van der Waals surface area contributed by atoms with Gasteiger partial charge in [0.1, 0.15) is 6.61 Å². The molecule has 0 saturated carbocycles. The maximum Gasteiger partial charge on any atom is 0.333 e. The van der Waals surface area contributed by atoms with Gasteiger partial charge in [0.05, 0.1) is 17.7 Å². The van der Waals surface area contributed by atoms with E-state index in [-0.39, 0.29) is 49.0 Å². The molecule has 1 aliphatic carbocycles. The second kappa shape index (κ2) is 8.70. The lowest BCUT2D eigenvalue weighted by Gasteiger charge is -2.23. The average molecular weight is 394 g/mol. The molecule has 0 aliphatic heterocycles. The van der Waals surface area contributed by atoms with Crippen LogP contribution in [0.1, 0.15) is 38.8 Å². The predicted molar refractivity (Wildman–Crippen MR) is 110 cm³/mol. The van der Waals surface area contributed by atoms with E-state index in [2.05, 4.69) is 17.2 Å². The van der Waals surface area contributed by atoms with E-state index >= 15 is 0 Å². The number of carbonyl (C=O) groups excluding carboxylic acids is 3. The number of aliphatic hydroxyl groups is 1. The summed E-state index contributed by atoms with van der Waals surface area (Å²) < 4.78 is 5.06. The average Bonchev–Trinajstić information content (AvgIpc) is 2.73. The van der Waals surface area contributed by atoms with Gasteiger partial charge >= 0.3 is 5.97 Å². The zero-order chi connectivity index (χ0) is 21.0. The summed E-state index contributed by atoms with van der Waals surface area (Å²) >= 11 is 0.